The van der Waals surface area contributed by atoms with Gasteiger partial charge < -0.3 is 61.9 Å². The molecule has 12 bridgehead atoms. The van der Waals surface area contributed by atoms with Gasteiger partial charge in [-0.05, 0) is 56.6 Å². The molecule has 2 heterocycles. The van der Waals surface area contributed by atoms with Crippen LogP contribution in [0.5, 0.6) is 23.0 Å². The monoisotopic (exact) mass is 872 g/mol. The predicted octanol–water partition coefficient (Wildman–Crippen LogP) is 5.74. The summed E-state index contributed by atoms with van der Waals surface area (Å²) in [6.45, 7) is 7.50. The topological polar surface area (TPSA) is 148 Å². The highest BCUT2D eigenvalue weighted by Crippen LogP contribution is 2.39. The average Bonchev–Trinajstić information content (AvgIpc) is 3.27. The molecule has 4 aromatic carbocycles. The molecule has 1 aliphatic carbocycles. The van der Waals surface area contributed by atoms with Gasteiger partial charge in [-0.3, -0.25) is 0 Å². The maximum atomic E-state index is 12.9. The van der Waals surface area contributed by atoms with E-state index in [1.807, 2.05) is 24.3 Å². The Morgan fingerprint density at radius 3 is 0.762 bits per heavy atom. The average molecular weight is 873 g/mol. The van der Waals surface area contributed by atoms with Crippen LogP contribution in [0.25, 0.3) is 0 Å². The summed E-state index contributed by atoms with van der Waals surface area (Å²) in [5, 5.41) is 10.5. The molecule has 0 spiro atoms. The lowest BCUT2D eigenvalue weighted by Gasteiger charge is -2.23. The first-order chi connectivity index (χ1) is 31.1. The number of carboxylic acid groups (broad SMARTS) is 1. The lowest BCUT2D eigenvalue weighted by Crippen LogP contribution is -2.15. The van der Waals surface area contributed by atoms with Crippen molar-refractivity contribution in [3.05, 3.63) is 117 Å². The third-order valence-electron chi connectivity index (χ3n) is 10.7. The van der Waals surface area contributed by atoms with Crippen LogP contribution in [0.4, 0.5) is 0 Å². The predicted molar refractivity (Wildman–Crippen MR) is 232 cm³/mol. The number of hydrogen-bond donors (Lipinski definition) is 1. The van der Waals surface area contributed by atoms with E-state index >= 15 is 0 Å². The molecular weight excluding hydrogens is 813 g/mol. The number of benzene rings is 4. The van der Waals surface area contributed by atoms with E-state index < -0.39 is 5.97 Å². The van der Waals surface area contributed by atoms with E-state index in [2.05, 4.69) is 30.3 Å². The van der Waals surface area contributed by atoms with Crippen LogP contribution in [0.2, 0.25) is 0 Å². The molecule has 340 valence electrons. The Kier molecular flexibility index (Phi) is 18.7. The number of carboxylic acids is 1. The van der Waals surface area contributed by atoms with Gasteiger partial charge in [0.25, 0.3) is 0 Å². The van der Waals surface area contributed by atoms with Gasteiger partial charge in [0.05, 0.1) is 111 Å². The standard InChI is InChI=1S/C49H60O14/c50-49(51)44-34-42-32-40-8-2-6-38-30-36-4-1-5-37-31-39-7-3-9-41(47(39)62-28-24-58-20-16-54-11-10-53-15-19-57-23-27-61-46(38)40)33-43(35-44)48(42)63-29-25-59-21-17-55-13-12-52-14-18-56-22-26-60-45(36)37/h1-9,34-35H,10-33H2,(H,50,51). The highest BCUT2D eigenvalue weighted by atomic mass is 16.6. The van der Waals surface area contributed by atoms with Gasteiger partial charge in [0.1, 0.15) is 49.4 Å². The summed E-state index contributed by atoms with van der Waals surface area (Å²) >= 11 is 0. The summed E-state index contributed by atoms with van der Waals surface area (Å²) in [5.74, 6) is 1.70. The van der Waals surface area contributed by atoms with Crippen LogP contribution in [0.1, 0.15) is 54.9 Å². The number of para-hydroxylation sites is 3. The van der Waals surface area contributed by atoms with Gasteiger partial charge in [-0.15, -0.1) is 0 Å². The van der Waals surface area contributed by atoms with Gasteiger partial charge in [0.15, 0.2) is 0 Å². The van der Waals surface area contributed by atoms with E-state index in [1.165, 1.54) is 0 Å². The number of aromatic carboxylic acids is 1. The van der Waals surface area contributed by atoms with Crippen LogP contribution in [0.3, 0.4) is 0 Å². The van der Waals surface area contributed by atoms with Gasteiger partial charge in [0.2, 0.25) is 0 Å². The van der Waals surface area contributed by atoms with E-state index in [-0.39, 0.29) is 25.4 Å². The van der Waals surface area contributed by atoms with Gasteiger partial charge >= 0.3 is 5.97 Å². The molecule has 2 aliphatic heterocycles. The lowest BCUT2D eigenvalue weighted by atomic mass is 9.90. The fraction of sp³-hybridized carbons (Fsp3) is 0.490. The third kappa shape index (κ3) is 14.1. The summed E-state index contributed by atoms with van der Waals surface area (Å²) in [7, 11) is 0. The van der Waals surface area contributed by atoms with Gasteiger partial charge in [0, 0.05) is 25.7 Å². The molecule has 0 saturated carbocycles. The zero-order valence-electron chi connectivity index (χ0n) is 36.1. The zero-order chi connectivity index (χ0) is 43.3. The Morgan fingerprint density at radius 1 is 0.317 bits per heavy atom. The Bertz CT molecular complexity index is 1920. The minimum atomic E-state index is -1.04. The Labute approximate surface area is 369 Å². The number of rotatable bonds is 1. The second kappa shape index (κ2) is 25.5. The minimum absolute atomic E-state index is 0.149. The number of hydrogen-bond acceptors (Lipinski definition) is 13. The maximum Gasteiger partial charge on any atom is 0.335 e. The summed E-state index contributed by atoms with van der Waals surface area (Å²) in [5.41, 5.74) is 7.11. The van der Waals surface area contributed by atoms with Gasteiger partial charge in [-0.25, -0.2) is 4.79 Å². The molecule has 7 rings (SSSR count). The molecule has 3 aliphatic rings. The molecule has 0 fully saturated rings. The summed E-state index contributed by atoms with van der Waals surface area (Å²) in [6, 6.07) is 21.8. The fourth-order valence-electron chi connectivity index (χ4n) is 7.79. The highest BCUT2D eigenvalue weighted by molar-refractivity contribution is 5.88. The van der Waals surface area contributed by atoms with Crippen molar-refractivity contribution in [3.8, 4) is 23.0 Å². The SMILES string of the molecule is O=C(O)c1cc2c3c(c1)Cc1cccc4c1OCCOCCOCCOCCOCCOc1c(cccc1C2)Cc1cccc(c1OCCOCCOCCOCCOCCO3)C4. The van der Waals surface area contributed by atoms with Crippen LogP contribution in [0, 0.1) is 0 Å². The van der Waals surface area contributed by atoms with Crippen LogP contribution < -0.4 is 18.9 Å². The quantitative estimate of drug-likeness (QED) is 0.219. The third-order valence-corrected chi connectivity index (χ3v) is 10.7. The summed E-state index contributed by atoms with van der Waals surface area (Å²) in [4.78, 5) is 12.9. The smallest absolute Gasteiger partial charge is 0.335 e. The van der Waals surface area contributed by atoms with Crippen molar-refractivity contribution in [2.24, 2.45) is 0 Å². The van der Waals surface area contributed by atoms with E-state index in [0.717, 1.165) is 39.1 Å². The second-order valence-corrected chi connectivity index (χ2v) is 15.1. The fourth-order valence-corrected chi connectivity index (χ4v) is 7.79. The van der Waals surface area contributed by atoms with Crippen LogP contribution in [-0.4, -0.2) is 143 Å². The molecule has 0 unspecified atom stereocenters. The molecule has 0 aromatic heterocycles. The minimum Gasteiger partial charge on any atom is -0.491 e. The normalized spacial score (nSPS) is 18.7. The number of carbonyl (C=O) groups is 1. The van der Waals surface area contributed by atoms with Crippen molar-refractivity contribution in [2.75, 3.05) is 132 Å². The first-order valence-electron chi connectivity index (χ1n) is 22.0. The van der Waals surface area contributed by atoms with E-state index in [0.29, 0.717) is 166 Å². The van der Waals surface area contributed by atoms with Crippen molar-refractivity contribution in [1.82, 2.24) is 0 Å². The van der Waals surface area contributed by atoms with Crippen molar-refractivity contribution >= 4 is 5.97 Å². The molecule has 14 heteroatoms. The Morgan fingerprint density at radius 2 is 0.524 bits per heavy atom. The Balaban J connectivity index is 1.37. The van der Waals surface area contributed by atoms with Crippen LogP contribution in [-0.2, 0) is 63.6 Å². The van der Waals surface area contributed by atoms with Gasteiger partial charge in [-0.1, -0.05) is 54.6 Å². The molecule has 0 saturated heterocycles. The molecule has 1 N–H and O–H groups in total. The van der Waals surface area contributed by atoms with Gasteiger partial charge in [-0.2, -0.15) is 0 Å². The van der Waals surface area contributed by atoms with Crippen molar-refractivity contribution < 1.29 is 66.7 Å². The number of ether oxygens (including phenoxy) is 12. The first kappa shape index (κ1) is 46.2. The van der Waals surface area contributed by atoms with E-state index in [1.54, 1.807) is 12.1 Å². The molecule has 63 heavy (non-hydrogen) atoms. The summed E-state index contributed by atoms with van der Waals surface area (Å²) in [6.07, 6.45) is 1.62. The van der Waals surface area contributed by atoms with Crippen LogP contribution >= 0.6 is 0 Å². The lowest BCUT2D eigenvalue weighted by molar-refractivity contribution is -0.00706. The summed E-state index contributed by atoms with van der Waals surface area (Å²) < 4.78 is 73.2. The maximum absolute atomic E-state index is 12.9. The van der Waals surface area contributed by atoms with E-state index in [9.17, 15) is 9.90 Å². The zero-order valence-corrected chi connectivity index (χ0v) is 36.1. The van der Waals surface area contributed by atoms with Crippen molar-refractivity contribution in [2.45, 2.75) is 25.7 Å². The first-order valence-corrected chi connectivity index (χ1v) is 22.0. The Hall–Kier alpha value is -4.77. The largest absolute Gasteiger partial charge is 0.491 e. The molecule has 0 atom stereocenters. The molecular formula is C49H60O14. The molecule has 0 radical (unpaired) electrons. The molecule has 0 amide bonds. The van der Waals surface area contributed by atoms with Crippen molar-refractivity contribution in [1.29, 1.82) is 0 Å². The highest BCUT2D eigenvalue weighted by Gasteiger charge is 2.24. The van der Waals surface area contributed by atoms with Crippen molar-refractivity contribution in [3.63, 3.8) is 0 Å². The molecule has 14 nitrogen and oxygen atoms in total. The van der Waals surface area contributed by atoms with Crippen LogP contribution in [0.15, 0.2) is 66.7 Å². The second-order valence-electron chi connectivity index (χ2n) is 15.1. The van der Waals surface area contributed by atoms with E-state index in [4.69, 9.17) is 56.8 Å². The molecule has 4 aromatic rings.